The van der Waals surface area contributed by atoms with Crippen LogP contribution in [0.25, 0.3) is 6.08 Å². The normalized spacial score (nSPS) is 10.1. The van der Waals surface area contributed by atoms with Crippen molar-refractivity contribution in [1.29, 1.82) is 5.26 Å². The summed E-state index contributed by atoms with van der Waals surface area (Å²) >= 11 is 5.03. The second kappa shape index (κ2) is 7.82. The summed E-state index contributed by atoms with van der Waals surface area (Å²) in [5.41, 5.74) is 1.63. The molecule has 2 rings (SSSR count). The van der Waals surface area contributed by atoms with Gasteiger partial charge in [-0.25, -0.2) is 4.39 Å². The number of para-hydroxylation sites is 1. The van der Waals surface area contributed by atoms with E-state index in [0.717, 1.165) is 0 Å². The van der Waals surface area contributed by atoms with Crippen LogP contribution in [0.2, 0.25) is 0 Å². The van der Waals surface area contributed by atoms with E-state index in [-0.39, 0.29) is 10.9 Å². The van der Waals surface area contributed by atoms with Gasteiger partial charge in [-0.05, 0) is 48.1 Å². The van der Waals surface area contributed by atoms with Crippen LogP contribution >= 0.6 is 12.2 Å². The van der Waals surface area contributed by atoms with Crippen LogP contribution < -0.4 is 10.6 Å². The molecule has 0 saturated heterocycles. The highest BCUT2D eigenvalue weighted by molar-refractivity contribution is 7.80. The Morgan fingerprint density at radius 2 is 1.87 bits per heavy atom. The Balaban J connectivity index is 1.93. The molecule has 0 unspecified atom stereocenters. The third kappa shape index (κ3) is 5.02. The van der Waals surface area contributed by atoms with E-state index in [1.54, 1.807) is 42.5 Å². The smallest absolute Gasteiger partial charge is 0.250 e. The van der Waals surface area contributed by atoms with Gasteiger partial charge in [0.05, 0.1) is 11.3 Å². The number of amides is 1. The van der Waals surface area contributed by atoms with Gasteiger partial charge in [-0.2, -0.15) is 5.26 Å². The molecule has 0 atom stereocenters. The lowest BCUT2D eigenvalue weighted by molar-refractivity contribution is -0.115. The van der Waals surface area contributed by atoms with Crippen molar-refractivity contribution in [1.82, 2.24) is 5.32 Å². The lowest BCUT2D eigenvalue weighted by Crippen LogP contribution is -2.33. The largest absolute Gasteiger partial charge is 0.331 e. The van der Waals surface area contributed by atoms with Gasteiger partial charge in [0.2, 0.25) is 5.91 Å². The van der Waals surface area contributed by atoms with Crippen molar-refractivity contribution in [2.45, 2.75) is 0 Å². The summed E-state index contributed by atoms with van der Waals surface area (Å²) in [6.45, 7) is 0. The van der Waals surface area contributed by atoms with Crippen LogP contribution in [0, 0.1) is 17.1 Å². The quantitative estimate of drug-likeness (QED) is 0.672. The fourth-order valence-electron chi connectivity index (χ4n) is 1.74. The summed E-state index contributed by atoms with van der Waals surface area (Å²) in [7, 11) is 0. The molecule has 0 spiro atoms. The van der Waals surface area contributed by atoms with E-state index < -0.39 is 5.91 Å². The van der Waals surface area contributed by atoms with E-state index in [0.29, 0.717) is 16.8 Å². The topological polar surface area (TPSA) is 64.9 Å². The Bertz CT molecular complexity index is 794. The van der Waals surface area contributed by atoms with E-state index >= 15 is 0 Å². The first-order chi connectivity index (χ1) is 11.1. The molecule has 2 aromatic rings. The van der Waals surface area contributed by atoms with Gasteiger partial charge in [0.1, 0.15) is 11.9 Å². The number of nitrogens with zero attached hydrogens (tertiary/aromatic N) is 1. The standard InChI is InChI=1S/C17H12FN3OS/c18-14-8-5-12(6-9-14)7-10-16(22)21-17(23)20-15-4-2-1-3-13(15)11-19/h1-10H,(H2,20,21,22,23)/b10-7+. The van der Waals surface area contributed by atoms with Crippen LogP contribution in [0.4, 0.5) is 10.1 Å². The molecule has 4 nitrogen and oxygen atoms in total. The highest BCUT2D eigenvalue weighted by Gasteiger charge is 2.05. The Morgan fingerprint density at radius 1 is 1.17 bits per heavy atom. The van der Waals surface area contributed by atoms with Gasteiger partial charge in [0.25, 0.3) is 0 Å². The lowest BCUT2D eigenvalue weighted by atomic mass is 10.2. The summed E-state index contributed by atoms with van der Waals surface area (Å²) in [6, 6.07) is 14.6. The van der Waals surface area contributed by atoms with E-state index in [1.165, 1.54) is 18.2 Å². The third-order valence-electron chi connectivity index (χ3n) is 2.83. The Hall–Kier alpha value is -3.04. The SMILES string of the molecule is N#Cc1ccccc1NC(=S)NC(=O)/C=C/c1ccc(F)cc1. The molecule has 114 valence electrons. The number of hydrogen-bond donors (Lipinski definition) is 2. The summed E-state index contributed by atoms with van der Waals surface area (Å²) in [5.74, 6) is -0.769. The molecule has 0 aliphatic carbocycles. The molecule has 0 aliphatic rings. The number of hydrogen-bond acceptors (Lipinski definition) is 3. The van der Waals surface area contributed by atoms with Crippen LogP contribution in [-0.4, -0.2) is 11.0 Å². The average molecular weight is 325 g/mol. The van der Waals surface area contributed by atoms with Crippen molar-refractivity contribution in [3.8, 4) is 6.07 Å². The van der Waals surface area contributed by atoms with Crippen LogP contribution in [0.15, 0.2) is 54.6 Å². The zero-order valence-corrected chi connectivity index (χ0v) is 12.7. The van der Waals surface area contributed by atoms with Crippen molar-refractivity contribution in [2.75, 3.05) is 5.32 Å². The van der Waals surface area contributed by atoms with Gasteiger partial charge in [0.15, 0.2) is 5.11 Å². The second-order valence-electron chi connectivity index (χ2n) is 4.49. The molecule has 0 bridgehead atoms. The van der Waals surface area contributed by atoms with Crippen molar-refractivity contribution < 1.29 is 9.18 Å². The molecular weight excluding hydrogens is 313 g/mol. The van der Waals surface area contributed by atoms with Gasteiger partial charge in [-0.1, -0.05) is 24.3 Å². The van der Waals surface area contributed by atoms with Gasteiger partial charge in [-0.3, -0.25) is 10.1 Å². The second-order valence-corrected chi connectivity index (χ2v) is 4.89. The number of thiocarbonyl (C=S) groups is 1. The molecular formula is C17H12FN3OS. The Labute approximate surface area is 138 Å². The Morgan fingerprint density at radius 3 is 2.57 bits per heavy atom. The first-order valence-corrected chi connectivity index (χ1v) is 7.04. The predicted octanol–water partition coefficient (Wildman–Crippen LogP) is 3.22. The van der Waals surface area contributed by atoms with Gasteiger partial charge >= 0.3 is 0 Å². The maximum atomic E-state index is 12.8. The Kier molecular flexibility index (Phi) is 5.56. The number of carbonyl (C=O) groups is 1. The fourth-order valence-corrected chi connectivity index (χ4v) is 1.95. The molecule has 0 aromatic heterocycles. The molecule has 6 heteroatoms. The maximum absolute atomic E-state index is 12.8. The monoisotopic (exact) mass is 325 g/mol. The van der Waals surface area contributed by atoms with Gasteiger partial charge in [-0.15, -0.1) is 0 Å². The highest BCUT2D eigenvalue weighted by Crippen LogP contribution is 2.13. The van der Waals surface area contributed by atoms with Crippen molar-refractivity contribution in [3.05, 3.63) is 71.6 Å². The summed E-state index contributed by atoms with van der Waals surface area (Å²) in [6.07, 6.45) is 2.83. The van der Waals surface area contributed by atoms with Gasteiger partial charge < -0.3 is 5.32 Å². The molecule has 2 N–H and O–H groups in total. The number of nitriles is 1. The number of halogens is 1. The third-order valence-corrected chi connectivity index (χ3v) is 3.03. The van der Waals surface area contributed by atoms with Crippen LogP contribution in [-0.2, 0) is 4.79 Å². The minimum atomic E-state index is -0.429. The minimum absolute atomic E-state index is 0.0847. The average Bonchev–Trinajstić information content (AvgIpc) is 2.54. The zero-order chi connectivity index (χ0) is 16.7. The fraction of sp³-hybridized carbons (Fsp3) is 0. The number of nitrogens with one attached hydrogen (secondary N) is 2. The van der Waals surface area contributed by atoms with Crippen LogP contribution in [0.3, 0.4) is 0 Å². The first-order valence-electron chi connectivity index (χ1n) is 6.63. The van der Waals surface area contributed by atoms with Gasteiger partial charge in [0, 0.05) is 6.08 Å². The minimum Gasteiger partial charge on any atom is -0.331 e. The molecule has 0 saturated carbocycles. The molecule has 0 radical (unpaired) electrons. The number of anilines is 1. The number of benzene rings is 2. The van der Waals surface area contributed by atoms with Crippen molar-refractivity contribution in [3.63, 3.8) is 0 Å². The lowest BCUT2D eigenvalue weighted by Gasteiger charge is -2.09. The van der Waals surface area contributed by atoms with E-state index in [9.17, 15) is 9.18 Å². The van der Waals surface area contributed by atoms with E-state index in [4.69, 9.17) is 17.5 Å². The van der Waals surface area contributed by atoms with E-state index in [1.807, 2.05) is 6.07 Å². The van der Waals surface area contributed by atoms with Crippen LogP contribution in [0.5, 0.6) is 0 Å². The molecule has 23 heavy (non-hydrogen) atoms. The van der Waals surface area contributed by atoms with Crippen LogP contribution in [0.1, 0.15) is 11.1 Å². The molecule has 2 aromatic carbocycles. The molecule has 0 aliphatic heterocycles. The molecule has 1 amide bonds. The van der Waals surface area contributed by atoms with Crippen molar-refractivity contribution >= 4 is 35.0 Å². The maximum Gasteiger partial charge on any atom is 0.250 e. The molecule has 0 heterocycles. The number of carbonyl (C=O) groups excluding carboxylic acids is 1. The zero-order valence-electron chi connectivity index (χ0n) is 11.9. The van der Waals surface area contributed by atoms with Crippen molar-refractivity contribution in [2.24, 2.45) is 0 Å². The summed E-state index contributed by atoms with van der Waals surface area (Å²) in [5, 5.41) is 14.3. The van der Waals surface area contributed by atoms with E-state index in [2.05, 4.69) is 10.6 Å². The summed E-state index contributed by atoms with van der Waals surface area (Å²) in [4.78, 5) is 11.8. The molecule has 0 fully saturated rings. The predicted molar refractivity (Wildman–Crippen MR) is 91.0 cm³/mol. The highest BCUT2D eigenvalue weighted by atomic mass is 32.1. The number of rotatable bonds is 3. The first kappa shape index (κ1) is 16.3. The summed E-state index contributed by atoms with van der Waals surface area (Å²) < 4.78 is 12.8.